The van der Waals surface area contributed by atoms with Crippen molar-refractivity contribution in [1.29, 1.82) is 0 Å². The quantitative estimate of drug-likeness (QED) is 0.367. The number of rotatable bonds is 4. The summed E-state index contributed by atoms with van der Waals surface area (Å²) in [6.07, 6.45) is -6.89. The summed E-state index contributed by atoms with van der Waals surface area (Å²) in [6.45, 7) is 1.47. The van der Waals surface area contributed by atoms with Crippen LogP contribution >= 0.6 is 0 Å². The van der Waals surface area contributed by atoms with E-state index in [4.69, 9.17) is 18.6 Å². The van der Waals surface area contributed by atoms with Gasteiger partial charge in [0.25, 0.3) is 0 Å². The van der Waals surface area contributed by atoms with Gasteiger partial charge in [-0.1, -0.05) is 0 Å². The molecule has 0 spiro atoms. The first-order valence-corrected chi connectivity index (χ1v) is 9.74. The van der Waals surface area contributed by atoms with Crippen molar-refractivity contribution in [3.63, 3.8) is 0 Å². The second kappa shape index (κ2) is 8.32. The predicted molar refractivity (Wildman–Crippen MR) is 111 cm³/mol. The molecule has 1 aliphatic rings. The van der Waals surface area contributed by atoms with Crippen LogP contribution < -0.4 is 14.9 Å². The predicted octanol–water partition coefficient (Wildman–Crippen LogP) is 1.09. The summed E-state index contributed by atoms with van der Waals surface area (Å²) in [7, 11) is 1.52. The average molecular weight is 446 g/mol. The van der Waals surface area contributed by atoms with Crippen LogP contribution in [0.3, 0.4) is 0 Å². The van der Waals surface area contributed by atoms with Gasteiger partial charge >= 0.3 is 0 Å². The van der Waals surface area contributed by atoms with E-state index in [1.165, 1.54) is 20.1 Å². The Balaban J connectivity index is 1.75. The number of phenolic OH excluding ortho intramolecular Hbond substituents is 2. The smallest absolute Gasteiger partial charge is 0.229 e. The van der Waals surface area contributed by atoms with Crippen LogP contribution in [0.25, 0.3) is 22.3 Å². The summed E-state index contributed by atoms with van der Waals surface area (Å²) in [4.78, 5) is 12.6. The van der Waals surface area contributed by atoms with E-state index >= 15 is 0 Å². The first kappa shape index (κ1) is 21.9. The molecular formula is C22H22O10. The van der Waals surface area contributed by atoms with Crippen LogP contribution in [0.1, 0.15) is 6.92 Å². The molecule has 0 radical (unpaired) electrons. The van der Waals surface area contributed by atoms with Crippen LogP contribution in [0.4, 0.5) is 0 Å². The minimum absolute atomic E-state index is 0.0902. The maximum absolute atomic E-state index is 12.6. The Labute approximate surface area is 181 Å². The highest BCUT2D eigenvalue weighted by molar-refractivity contribution is 5.89. The van der Waals surface area contributed by atoms with Crippen molar-refractivity contribution in [1.82, 2.24) is 0 Å². The second-order valence-corrected chi connectivity index (χ2v) is 7.45. The first-order valence-electron chi connectivity index (χ1n) is 9.74. The number of aromatic hydroxyl groups is 2. The SMILES string of the molecule is COc1ccc(-c2cc(=O)c3c(O)c(O)c(O[C@@H]4O[C@@H](C)[C@H](O)[C@@H](O)[C@H]4O)cc3o2)cc1. The van der Waals surface area contributed by atoms with Gasteiger partial charge in [0, 0.05) is 17.7 Å². The van der Waals surface area contributed by atoms with Gasteiger partial charge in [0.05, 0.1) is 13.2 Å². The molecule has 5 N–H and O–H groups in total. The molecule has 10 nitrogen and oxygen atoms in total. The lowest BCUT2D eigenvalue weighted by atomic mass is 10.00. The molecule has 0 amide bonds. The van der Waals surface area contributed by atoms with E-state index in [1.54, 1.807) is 24.3 Å². The number of fused-ring (bicyclic) bond motifs is 1. The minimum atomic E-state index is -1.64. The molecule has 1 saturated heterocycles. The van der Waals surface area contributed by atoms with E-state index in [1.807, 2.05) is 0 Å². The lowest BCUT2D eigenvalue weighted by Gasteiger charge is -2.38. The van der Waals surface area contributed by atoms with Gasteiger partial charge < -0.3 is 44.2 Å². The highest BCUT2D eigenvalue weighted by atomic mass is 16.7. The maximum Gasteiger partial charge on any atom is 0.229 e. The normalized spacial score (nSPS) is 25.6. The van der Waals surface area contributed by atoms with Crippen LogP contribution in [0.5, 0.6) is 23.0 Å². The monoisotopic (exact) mass is 446 g/mol. The third kappa shape index (κ3) is 3.73. The average Bonchev–Trinajstić information content (AvgIpc) is 2.78. The Morgan fingerprint density at radius 2 is 1.62 bits per heavy atom. The molecule has 1 aliphatic heterocycles. The van der Waals surface area contributed by atoms with Crippen LogP contribution in [0.15, 0.2) is 45.6 Å². The number of hydrogen-bond acceptors (Lipinski definition) is 10. The largest absolute Gasteiger partial charge is 0.504 e. The van der Waals surface area contributed by atoms with Crippen molar-refractivity contribution in [2.24, 2.45) is 0 Å². The minimum Gasteiger partial charge on any atom is -0.504 e. The topological polar surface area (TPSA) is 159 Å². The Hall–Kier alpha value is -3.31. The van der Waals surface area contributed by atoms with Crippen LogP contribution in [0.2, 0.25) is 0 Å². The van der Waals surface area contributed by atoms with Gasteiger partial charge in [0.2, 0.25) is 12.0 Å². The third-order valence-corrected chi connectivity index (χ3v) is 5.36. The molecule has 3 aromatic rings. The van der Waals surface area contributed by atoms with Crippen molar-refractivity contribution in [2.75, 3.05) is 7.11 Å². The maximum atomic E-state index is 12.6. The van der Waals surface area contributed by atoms with E-state index < -0.39 is 47.6 Å². The second-order valence-electron chi connectivity index (χ2n) is 7.45. The molecule has 170 valence electrons. The van der Waals surface area contributed by atoms with Gasteiger partial charge in [-0.15, -0.1) is 0 Å². The van der Waals surface area contributed by atoms with E-state index in [9.17, 15) is 30.3 Å². The zero-order chi connectivity index (χ0) is 23.2. The van der Waals surface area contributed by atoms with Gasteiger partial charge in [0.15, 0.2) is 16.9 Å². The molecule has 2 heterocycles. The number of methoxy groups -OCH3 is 1. The van der Waals surface area contributed by atoms with E-state index in [2.05, 4.69) is 0 Å². The third-order valence-electron chi connectivity index (χ3n) is 5.36. The first-order chi connectivity index (χ1) is 15.2. The number of aliphatic hydroxyl groups excluding tert-OH is 3. The van der Waals surface area contributed by atoms with Crippen molar-refractivity contribution >= 4 is 11.0 Å². The van der Waals surface area contributed by atoms with Crippen molar-refractivity contribution in [3.8, 4) is 34.3 Å². The molecule has 0 saturated carbocycles. The van der Waals surface area contributed by atoms with Gasteiger partial charge in [-0.05, 0) is 31.2 Å². The molecule has 5 atom stereocenters. The molecule has 0 bridgehead atoms. The highest BCUT2D eigenvalue weighted by Gasteiger charge is 2.43. The number of phenols is 2. The number of hydrogen-bond donors (Lipinski definition) is 5. The lowest BCUT2D eigenvalue weighted by Crippen LogP contribution is -2.58. The molecule has 0 unspecified atom stereocenters. The molecule has 10 heteroatoms. The van der Waals surface area contributed by atoms with E-state index in [0.29, 0.717) is 11.3 Å². The number of aliphatic hydroxyl groups is 3. The Bertz CT molecular complexity index is 1190. The standard InChI is InChI=1S/C22H22O10/c1-9-17(24)20(27)21(28)22(30-9)32-15-8-14-16(19(26)18(15)25)12(23)7-13(31-14)10-3-5-11(29-2)6-4-10/h3-9,17,20-22,24-28H,1-2H3/t9-,17-,20+,21+,22-/m0/s1. The summed E-state index contributed by atoms with van der Waals surface area (Å²) in [5, 5.41) is 50.4. The van der Waals surface area contributed by atoms with Crippen molar-refractivity contribution < 1.29 is 44.2 Å². The van der Waals surface area contributed by atoms with E-state index in [-0.39, 0.29) is 22.5 Å². The fraction of sp³-hybridized carbons (Fsp3) is 0.318. The van der Waals surface area contributed by atoms with Crippen LogP contribution in [0, 0.1) is 0 Å². The Kier molecular flexibility index (Phi) is 5.70. The lowest BCUT2D eigenvalue weighted by molar-refractivity contribution is -0.268. The molecule has 4 rings (SSSR count). The zero-order valence-corrected chi connectivity index (χ0v) is 17.1. The summed E-state index contributed by atoms with van der Waals surface area (Å²) in [5.41, 5.74) is -0.123. The molecule has 1 fully saturated rings. The van der Waals surface area contributed by atoms with Crippen LogP contribution in [-0.4, -0.2) is 63.3 Å². The summed E-state index contributed by atoms with van der Waals surface area (Å²) in [5.74, 6) is -1.09. The summed E-state index contributed by atoms with van der Waals surface area (Å²) < 4.78 is 21.7. The molecule has 32 heavy (non-hydrogen) atoms. The fourth-order valence-corrected chi connectivity index (χ4v) is 3.49. The van der Waals surface area contributed by atoms with Gasteiger partial charge in [0.1, 0.15) is 40.8 Å². The highest BCUT2D eigenvalue weighted by Crippen LogP contribution is 2.42. The van der Waals surface area contributed by atoms with Gasteiger partial charge in [-0.3, -0.25) is 4.79 Å². The molecular weight excluding hydrogens is 424 g/mol. The summed E-state index contributed by atoms with van der Waals surface area (Å²) in [6, 6.07) is 9.08. The Morgan fingerprint density at radius 1 is 0.938 bits per heavy atom. The van der Waals surface area contributed by atoms with Crippen molar-refractivity contribution in [3.05, 3.63) is 46.6 Å². The molecule has 1 aromatic heterocycles. The molecule has 0 aliphatic carbocycles. The fourth-order valence-electron chi connectivity index (χ4n) is 3.49. The van der Waals surface area contributed by atoms with E-state index in [0.717, 1.165) is 6.07 Å². The summed E-state index contributed by atoms with van der Waals surface area (Å²) >= 11 is 0. The van der Waals surface area contributed by atoms with Crippen molar-refractivity contribution in [2.45, 2.75) is 37.6 Å². The molecule has 2 aromatic carbocycles. The zero-order valence-electron chi connectivity index (χ0n) is 17.1. The van der Waals surface area contributed by atoms with Gasteiger partial charge in [-0.25, -0.2) is 0 Å². The van der Waals surface area contributed by atoms with Crippen LogP contribution in [-0.2, 0) is 4.74 Å². The number of benzene rings is 2. The van der Waals surface area contributed by atoms with Gasteiger partial charge in [-0.2, -0.15) is 0 Å². The number of ether oxygens (including phenoxy) is 3. The Morgan fingerprint density at radius 3 is 2.28 bits per heavy atom.